The van der Waals surface area contributed by atoms with Crippen molar-refractivity contribution in [1.29, 1.82) is 0 Å². The number of amides is 1. The molecule has 0 aliphatic carbocycles. The Bertz CT molecular complexity index is 386. The van der Waals surface area contributed by atoms with Gasteiger partial charge in [0.1, 0.15) is 11.7 Å². The Morgan fingerprint density at radius 2 is 2.20 bits per heavy atom. The number of nitrogens with zero attached hydrogens (tertiary/aromatic N) is 3. The Morgan fingerprint density at radius 1 is 1.60 bits per heavy atom. The van der Waals surface area contributed by atoms with Crippen molar-refractivity contribution in [3.63, 3.8) is 0 Å². The molecule has 0 saturated heterocycles. The predicted octanol–water partition coefficient (Wildman–Crippen LogP) is -0.0348. The number of aromatic nitrogens is 2. The molecule has 1 unspecified atom stereocenters. The Balaban J connectivity index is 2.86. The molecule has 0 fully saturated rings. The number of likely N-dealkylation sites (N-methyl/N-ethyl adjacent to an activating group) is 1. The first kappa shape index (κ1) is 11.2. The quantitative estimate of drug-likeness (QED) is 0.761. The summed E-state index contributed by atoms with van der Waals surface area (Å²) in [6, 6.07) is 0.695. The maximum absolute atomic E-state index is 11.8. The molecule has 1 aromatic rings. The molecule has 0 aromatic carbocycles. The van der Waals surface area contributed by atoms with Crippen LogP contribution in [0.25, 0.3) is 0 Å². The molecular weight excluding hydrogens is 198 g/mol. The number of carboxylic acids is 1. The molecule has 1 aromatic heterocycles. The van der Waals surface area contributed by atoms with Crippen LogP contribution in [0.4, 0.5) is 0 Å². The lowest BCUT2D eigenvalue weighted by atomic mass is 10.2. The fourth-order valence-corrected chi connectivity index (χ4v) is 1.11. The third-order valence-corrected chi connectivity index (χ3v) is 2.30. The SMILES string of the molecule is CC(C(=O)O)N(C)C(=O)c1ccnn1C. The highest BCUT2D eigenvalue weighted by molar-refractivity contribution is 5.94. The zero-order chi connectivity index (χ0) is 11.6. The first-order chi connectivity index (χ1) is 6.95. The average molecular weight is 211 g/mol. The Kier molecular flexibility index (Phi) is 3.08. The van der Waals surface area contributed by atoms with Crippen LogP contribution in [0.3, 0.4) is 0 Å². The number of aliphatic carboxylic acids is 1. The van der Waals surface area contributed by atoms with Gasteiger partial charge in [-0.3, -0.25) is 9.48 Å². The molecule has 1 N–H and O–H groups in total. The van der Waals surface area contributed by atoms with Gasteiger partial charge in [-0.2, -0.15) is 5.10 Å². The Morgan fingerprint density at radius 3 is 2.60 bits per heavy atom. The Labute approximate surface area is 87.1 Å². The summed E-state index contributed by atoms with van der Waals surface area (Å²) in [5.41, 5.74) is 0.366. The molecule has 6 heteroatoms. The Hall–Kier alpha value is -1.85. The van der Waals surface area contributed by atoms with Crippen LogP contribution in [0.2, 0.25) is 0 Å². The monoisotopic (exact) mass is 211 g/mol. The van der Waals surface area contributed by atoms with Gasteiger partial charge in [-0.05, 0) is 13.0 Å². The molecule has 0 aliphatic heterocycles. The van der Waals surface area contributed by atoms with Gasteiger partial charge in [0.05, 0.1) is 0 Å². The number of rotatable bonds is 3. The van der Waals surface area contributed by atoms with Crippen LogP contribution in [0.15, 0.2) is 12.3 Å². The summed E-state index contributed by atoms with van der Waals surface area (Å²) >= 11 is 0. The minimum absolute atomic E-state index is 0.357. The van der Waals surface area contributed by atoms with Crippen LogP contribution < -0.4 is 0 Å². The fraction of sp³-hybridized carbons (Fsp3) is 0.444. The molecule has 6 nitrogen and oxygen atoms in total. The fourth-order valence-electron chi connectivity index (χ4n) is 1.11. The van der Waals surface area contributed by atoms with E-state index in [0.717, 1.165) is 0 Å². The third kappa shape index (κ3) is 2.15. The summed E-state index contributed by atoms with van der Waals surface area (Å²) in [5, 5.41) is 12.6. The maximum Gasteiger partial charge on any atom is 0.326 e. The van der Waals surface area contributed by atoms with Gasteiger partial charge in [0.25, 0.3) is 5.91 Å². The predicted molar refractivity (Wildman–Crippen MR) is 52.4 cm³/mol. The van der Waals surface area contributed by atoms with Crippen molar-refractivity contribution in [2.24, 2.45) is 7.05 Å². The lowest BCUT2D eigenvalue weighted by Gasteiger charge is -2.21. The van der Waals surface area contributed by atoms with Crippen LogP contribution in [0, 0.1) is 0 Å². The van der Waals surface area contributed by atoms with E-state index in [-0.39, 0.29) is 5.91 Å². The van der Waals surface area contributed by atoms with Crippen molar-refractivity contribution >= 4 is 11.9 Å². The summed E-state index contributed by atoms with van der Waals surface area (Å²) < 4.78 is 1.41. The molecule has 0 bridgehead atoms. The van der Waals surface area contributed by atoms with Gasteiger partial charge < -0.3 is 10.0 Å². The van der Waals surface area contributed by atoms with E-state index in [4.69, 9.17) is 5.11 Å². The van der Waals surface area contributed by atoms with Gasteiger partial charge >= 0.3 is 5.97 Å². The highest BCUT2D eigenvalue weighted by atomic mass is 16.4. The highest BCUT2D eigenvalue weighted by Gasteiger charge is 2.24. The van der Waals surface area contributed by atoms with Crippen LogP contribution >= 0.6 is 0 Å². The molecule has 1 atom stereocenters. The van der Waals surface area contributed by atoms with Gasteiger partial charge in [0, 0.05) is 20.3 Å². The number of aryl methyl sites for hydroxylation is 1. The standard InChI is InChI=1S/C9H13N3O3/c1-6(9(14)15)11(2)8(13)7-4-5-10-12(7)3/h4-6H,1-3H3,(H,14,15). The summed E-state index contributed by atoms with van der Waals surface area (Å²) in [6.45, 7) is 1.45. The second-order valence-electron chi connectivity index (χ2n) is 3.27. The molecule has 1 heterocycles. The normalized spacial score (nSPS) is 12.2. The van der Waals surface area contributed by atoms with E-state index >= 15 is 0 Å². The maximum atomic E-state index is 11.8. The van der Waals surface area contributed by atoms with Crippen LogP contribution in [-0.2, 0) is 11.8 Å². The lowest BCUT2D eigenvalue weighted by molar-refractivity contribution is -0.141. The topological polar surface area (TPSA) is 75.4 Å². The second-order valence-corrected chi connectivity index (χ2v) is 3.27. The van der Waals surface area contributed by atoms with Crippen LogP contribution in [0.1, 0.15) is 17.4 Å². The van der Waals surface area contributed by atoms with Crippen molar-refractivity contribution in [3.8, 4) is 0 Å². The van der Waals surface area contributed by atoms with Crippen molar-refractivity contribution < 1.29 is 14.7 Å². The van der Waals surface area contributed by atoms with Crippen LogP contribution in [0.5, 0.6) is 0 Å². The largest absolute Gasteiger partial charge is 0.480 e. The summed E-state index contributed by atoms with van der Waals surface area (Å²) in [4.78, 5) is 23.6. The van der Waals surface area contributed by atoms with E-state index in [2.05, 4.69) is 5.10 Å². The zero-order valence-corrected chi connectivity index (χ0v) is 8.84. The zero-order valence-electron chi connectivity index (χ0n) is 8.84. The number of carbonyl (C=O) groups excluding carboxylic acids is 1. The minimum atomic E-state index is -1.03. The van der Waals surface area contributed by atoms with Gasteiger partial charge in [-0.1, -0.05) is 0 Å². The van der Waals surface area contributed by atoms with Gasteiger partial charge in [0.2, 0.25) is 0 Å². The van der Waals surface area contributed by atoms with E-state index in [1.807, 2.05) is 0 Å². The number of carboxylic acid groups (broad SMARTS) is 1. The number of carbonyl (C=O) groups is 2. The smallest absolute Gasteiger partial charge is 0.326 e. The average Bonchev–Trinajstić information content (AvgIpc) is 2.60. The molecule has 0 spiro atoms. The van der Waals surface area contributed by atoms with Crippen molar-refractivity contribution in [2.45, 2.75) is 13.0 Å². The van der Waals surface area contributed by atoms with Crippen molar-refractivity contribution in [1.82, 2.24) is 14.7 Å². The molecule has 1 amide bonds. The van der Waals surface area contributed by atoms with E-state index in [0.29, 0.717) is 5.69 Å². The first-order valence-electron chi connectivity index (χ1n) is 4.43. The molecule has 15 heavy (non-hydrogen) atoms. The van der Waals surface area contributed by atoms with Gasteiger partial charge in [-0.15, -0.1) is 0 Å². The molecule has 82 valence electrons. The van der Waals surface area contributed by atoms with E-state index < -0.39 is 12.0 Å². The van der Waals surface area contributed by atoms with E-state index in [1.54, 1.807) is 13.1 Å². The summed E-state index contributed by atoms with van der Waals surface area (Å²) in [6.07, 6.45) is 1.49. The second kappa shape index (κ2) is 4.12. The van der Waals surface area contributed by atoms with Gasteiger partial charge in [-0.25, -0.2) is 4.79 Å². The van der Waals surface area contributed by atoms with E-state index in [9.17, 15) is 9.59 Å². The molecular formula is C9H13N3O3. The van der Waals surface area contributed by atoms with E-state index in [1.165, 1.54) is 29.7 Å². The van der Waals surface area contributed by atoms with Crippen LogP contribution in [-0.4, -0.2) is 44.8 Å². The molecule has 0 saturated carbocycles. The molecule has 0 aliphatic rings. The number of hydrogen-bond donors (Lipinski definition) is 1. The first-order valence-corrected chi connectivity index (χ1v) is 4.43. The van der Waals surface area contributed by atoms with Crippen molar-refractivity contribution in [2.75, 3.05) is 7.05 Å². The third-order valence-electron chi connectivity index (χ3n) is 2.30. The lowest BCUT2D eigenvalue weighted by Crippen LogP contribution is -2.40. The highest BCUT2D eigenvalue weighted by Crippen LogP contribution is 2.05. The summed E-state index contributed by atoms with van der Waals surface area (Å²) in [7, 11) is 3.08. The number of hydrogen-bond acceptors (Lipinski definition) is 3. The van der Waals surface area contributed by atoms with Crippen molar-refractivity contribution in [3.05, 3.63) is 18.0 Å². The minimum Gasteiger partial charge on any atom is -0.480 e. The summed E-state index contributed by atoms with van der Waals surface area (Å²) in [5.74, 6) is -1.39. The molecule has 0 radical (unpaired) electrons. The molecule has 1 rings (SSSR count). The van der Waals surface area contributed by atoms with Gasteiger partial charge in [0.15, 0.2) is 0 Å².